The average Bonchev–Trinajstić information content (AvgIpc) is 1.19. The first kappa shape index (κ1) is 30.4. The number of hydrogen-bond acceptors (Lipinski definition) is 0. The van der Waals surface area contributed by atoms with Gasteiger partial charge in [0.05, 0.1) is 0 Å². The largest absolute Gasteiger partial charge is 3.00 e. The Balaban J connectivity index is -0.000000108. The van der Waals surface area contributed by atoms with E-state index in [0.717, 1.165) is 0 Å². The number of halogens is 18. The van der Waals surface area contributed by atoms with Gasteiger partial charge in [0.15, 0.2) is 0 Å². The van der Waals surface area contributed by atoms with E-state index >= 15 is 0 Å². The molecule has 0 radical (unpaired) electrons. The van der Waals surface area contributed by atoms with Crippen molar-refractivity contribution in [1.29, 1.82) is 0 Å². The summed E-state index contributed by atoms with van der Waals surface area (Å²) in [5.74, 6) is 0. The summed E-state index contributed by atoms with van der Waals surface area (Å²) in [7, 11) is -32.0. The Morgan fingerprint density at radius 2 is 0.227 bits per heavy atom. The van der Waals surface area contributed by atoms with Crippen LogP contribution in [-0.2, 0) is 17.1 Å². The van der Waals surface area contributed by atoms with Gasteiger partial charge in [-0.1, -0.05) is 0 Å². The maximum atomic E-state index is 9.87. The third-order valence-corrected chi connectivity index (χ3v) is 0. The monoisotopic (exact) mass is 490 g/mol. The minimum Gasteiger partial charge on any atom is 3.00 e. The fourth-order valence-electron chi connectivity index (χ4n) is 0. The van der Waals surface area contributed by atoms with Crippen LogP contribution in [0.4, 0.5) is 75.5 Å². The molecule has 0 spiro atoms. The van der Waals surface area contributed by atoms with Gasteiger partial charge in [0.25, 0.3) is 0 Å². The maximum Gasteiger partial charge on any atom is 3.00 e. The van der Waals surface area contributed by atoms with Gasteiger partial charge in [0.2, 0.25) is 0 Å². The third-order valence-electron chi connectivity index (χ3n) is 0. The van der Waals surface area contributed by atoms with E-state index in [1.165, 1.54) is 0 Å². The van der Waals surface area contributed by atoms with Gasteiger partial charge in [0.1, 0.15) is 0 Å². The van der Waals surface area contributed by atoms with Crippen molar-refractivity contribution in [3.8, 4) is 0 Å². The van der Waals surface area contributed by atoms with E-state index in [0.29, 0.717) is 0 Å². The van der Waals surface area contributed by atoms with Crippen molar-refractivity contribution in [2.75, 3.05) is 0 Å². The molecule has 0 fully saturated rings. The van der Waals surface area contributed by atoms with Crippen LogP contribution in [0, 0.1) is 0 Å². The zero-order valence-electron chi connectivity index (χ0n) is 8.52. The van der Waals surface area contributed by atoms with Crippen molar-refractivity contribution in [2.24, 2.45) is 0 Å². The molecule has 0 nitrogen and oxygen atoms in total. The van der Waals surface area contributed by atoms with Crippen LogP contribution in [0.25, 0.3) is 0 Å². The Labute approximate surface area is 117 Å². The molecule has 0 saturated carbocycles. The van der Waals surface area contributed by atoms with E-state index < -0.39 is 23.4 Å². The molecular weight excluding hydrogens is 490 g/mol. The van der Waals surface area contributed by atoms with Crippen molar-refractivity contribution >= 4 is 23.4 Å². The first-order valence-electron chi connectivity index (χ1n) is 3.04. The molecule has 0 bridgehead atoms. The topological polar surface area (TPSA) is 0 Å². The van der Waals surface area contributed by atoms with Gasteiger partial charge in [-0.2, -0.15) is 0 Å². The summed E-state index contributed by atoms with van der Waals surface area (Å²) >= 11 is 0. The average molecular weight is 490 g/mol. The van der Waals surface area contributed by atoms with E-state index in [1.54, 1.807) is 0 Å². The van der Waals surface area contributed by atoms with Crippen molar-refractivity contribution in [1.82, 2.24) is 0 Å². The molecule has 0 N–H and O–H groups in total. The van der Waals surface area contributed by atoms with Crippen LogP contribution in [0.15, 0.2) is 0 Å². The Hall–Kier alpha value is 0.549. The standard InChI is InChI=1S/3F6P.Mn/c3*1-7(2,3,4,5)6;/q3*-1;+3. The van der Waals surface area contributed by atoms with Gasteiger partial charge in [-0.3, -0.25) is 0 Å². The van der Waals surface area contributed by atoms with Gasteiger partial charge < -0.3 is 0 Å². The summed E-state index contributed by atoms with van der Waals surface area (Å²) in [5.41, 5.74) is 0. The van der Waals surface area contributed by atoms with E-state index in [1.807, 2.05) is 0 Å². The van der Waals surface area contributed by atoms with E-state index in [4.69, 9.17) is 0 Å². The smallest absolute Gasteiger partial charge is 3.00 e. The Kier molecular flexibility index (Phi) is 6.07. The molecule has 0 aromatic carbocycles. The Morgan fingerprint density at radius 3 is 0.227 bits per heavy atom. The molecule has 0 atom stereocenters. The first-order valence-corrected chi connectivity index (χ1v) is 9.13. The number of rotatable bonds is 0. The van der Waals surface area contributed by atoms with Crippen LogP contribution < -0.4 is 0 Å². The molecular formula is F18MnP3. The third kappa shape index (κ3) is 26000. The van der Waals surface area contributed by atoms with Crippen LogP contribution in [0.3, 0.4) is 0 Å². The molecule has 0 aromatic heterocycles. The summed E-state index contributed by atoms with van der Waals surface area (Å²) in [4.78, 5) is 0. The second-order valence-electron chi connectivity index (χ2n) is 2.87. The predicted molar refractivity (Wildman–Crippen MR) is 40.7 cm³/mol. The van der Waals surface area contributed by atoms with Crippen LogP contribution >= 0.6 is 23.4 Å². The van der Waals surface area contributed by atoms with Gasteiger partial charge >= 0.3 is 116 Å². The van der Waals surface area contributed by atoms with Crippen LogP contribution in [-0.4, -0.2) is 0 Å². The van der Waals surface area contributed by atoms with Crippen LogP contribution in [0.1, 0.15) is 0 Å². The molecule has 0 rings (SSSR count). The van der Waals surface area contributed by atoms with Gasteiger partial charge in [0, 0.05) is 0 Å². The normalized spacial score (nSPS) is 22.1. The van der Waals surface area contributed by atoms with Crippen molar-refractivity contribution in [2.45, 2.75) is 0 Å². The maximum absolute atomic E-state index is 10.7. The van der Waals surface area contributed by atoms with E-state index in [9.17, 15) is 75.5 Å². The molecule has 0 aliphatic carbocycles. The minimum absolute atomic E-state index is 0. The van der Waals surface area contributed by atoms with Gasteiger partial charge in [-0.25, -0.2) is 0 Å². The Bertz CT molecular complexity index is 265. The number of hydrogen-bond donors (Lipinski definition) is 0. The summed E-state index contributed by atoms with van der Waals surface area (Å²) in [6.07, 6.45) is 0. The van der Waals surface area contributed by atoms with E-state index in [2.05, 4.69) is 0 Å². The predicted octanol–water partition coefficient (Wildman–Crippen LogP) is 10.1. The summed E-state index contributed by atoms with van der Waals surface area (Å²) in [5, 5.41) is 0. The van der Waals surface area contributed by atoms with E-state index in [-0.39, 0.29) is 17.1 Å². The van der Waals surface area contributed by atoms with Crippen LogP contribution in [0.2, 0.25) is 0 Å². The summed E-state index contributed by atoms with van der Waals surface area (Å²) in [6, 6.07) is 0. The molecule has 0 aliphatic heterocycles. The molecule has 0 saturated heterocycles. The summed E-state index contributed by atoms with van der Waals surface area (Å²) in [6.45, 7) is 0. The van der Waals surface area contributed by atoms with Gasteiger partial charge in [-0.05, 0) is 0 Å². The van der Waals surface area contributed by atoms with Gasteiger partial charge in [-0.15, -0.1) is 0 Å². The SMILES string of the molecule is F[P-](F)(F)(F)(F)F.F[P-](F)(F)(F)(F)F.F[P-](F)(F)(F)(F)F.[Mn+3]. The quantitative estimate of drug-likeness (QED) is 0.180. The van der Waals surface area contributed by atoms with Crippen molar-refractivity contribution in [3.63, 3.8) is 0 Å². The summed E-state index contributed by atoms with van der Waals surface area (Å²) < 4.78 is 178. The molecule has 0 aliphatic rings. The molecule has 0 unspecified atom stereocenters. The Morgan fingerprint density at radius 1 is 0.227 bits per heavy atom. The molecule has 0 amide bonds. The minimum atomic E-state index is -10.7. The van der Waals surface area contributed by atoms with Crippen molar-refractivity contribution < 1.29 is 92.6 Å². The molecule has 0 heterocycles. The second-order valence-corrected chi connectivity index (χ2v) is 8.62. The fourth-order valence-corrected chi connectivity index (χ4v) is 0. The fraction of sp³-hybridized carbons (Fsp3) is 0. The molecule has 0 aromatic rings. The first-order chi connectivity index (χ1) is 7.35. The molecule has 22 heavy (non-hydrogen) atoms. The zero-order valence-corrected chi connectivity index (χ0v) is 12.4. The van der Waals surface area contributed by atoms with Crippen LogP contribution in [0.5, 0.6) is 0 Å². The zero-order chi connectivity index (χ0) is 19.2. The molecule has 22 heteroatoms. The van der Waals surface area contributed by atoms with Crippen molar-refractivity contribution in [3.05, 3.63) is 0 Å². The second kappa shape index (κ2) is 4.39. The molecule has 148 valence electrons.